The van der Waals surface area contributed by atoms with Crippen molar-refractivity contribution >= 4 is 17.9 Å². The standard InChI is InChI=1S/C18H21N3O4/c1-12(2)25-15-8-6-13(11-16(15)24-3)7-9-17(22)20-21-18(23)14-5-4-10-19-14/h4-12,19H,1-3H3,(H,20,22)(H,21,23)/b9-7+. The number of amides is 2. The van der Waals surface area contributed by atoms with Gasteiger partial charge < -0.3 is 14.5 Å². The number of rotatable bonds is 6. The second kappa shape index (κ2) is 8.58. The maximum Gasteiger partial charge on any atom is 0.286 e. The molecule has 0 bridgehead atoms. The van der Waals surface area contributed by atoms with Crippen LogP contribution in [0.3, 0.4) is 0 Å². The minimum atomic E-state index is -0.457. The lowest BCUT2D eigenvalue weighted by Gasteiger charge is -2.13. The molecule has 0 aliphatic carbocycles. The van der Waals surface area contributed by atoms with Crippen molar-refractivity contribution in [2.75, 3.05) is 7.11 Å². The second-order valence-corrected chi connectivity index (χ2v) is 5.44. The highest BCUT2D eigenvalue weighted by Crippen LogP contribution is 2.29. The summed E-state index contributed by atoms with van der Waals surface area (Å²) in [6.07, 6.45) is 4.57. The van der Waals surface area contributed by atoms with Crippen LogP contribution in [-0.4, -0.2) is 30.0 Å². The molecule has 1 aromatic heterocycles. The molecule has 0 fully saturated rings. The van der Waals surface area contributed by atoms with Gasteiger partial charge in [-0.25, -0.2) is 0 Å². The largest absolute Gasteiger partial charge is 0.493 e. The zero-order chi connectivity index (χ0) is 18.2. The zero-order valence-electron chi connectivity index (χ0n) is 14.3. The predicted molar refractivity (Wildman–Crippen MR) is 94.2 cm³/mol. The summed E-state index contributed by atoms with van der Waals surface area (Å²) in [5, 5.41) is 0. The van der Waals surface area contributed by atoms with Gasteiger partial charge in [0.15, 0.2) is 11.5 Å². The van der Waals surface area contributed by atoms with Gasteiger partial charge in [0.2, 0.25) is 0 Å². The van der Waals surface area contributed by atoms with E-state index in [0.717, 1.165) is 5.56 Å². The number of benzene rings is 1. The van der Waals surface area contributed by atoms with Crippen LogP contribution >= 0.6 is 0 Å². The SMILES string of the molecule is COc1cc(/C=C/C(=O)NNC(=O)c2ccc[nH]2)ccc1OC(C)C. The van der Waals surface area contributed by atoms with E-state index in [0.29, 0.717) is 17.2 Å². The van der Waals surface area contributed by atoms with E-state index >= 15 is 0 Å². The Bertz CT molecular complexity index is 752. The summed E-state index contributed by atoms with van der Waals surface area (Å²) in [7, 11) is 1.55. The van der Waals surface area contributed by atoms with E-state index in [-0.39, 0.29) is 6.10 Å². The van der Waals surface area contributed by atoms with Crippen molar-refractivity contribution in [2.24, 2.45) is 0 Å². The number of nitrogens with one attached hydrogen (secondary N) is 3. The highest BCUT2D eigenvalue weighted by Gasteiger charge is 2.08. The Balaban J connectivity index is 1.94. The van der Waals surface area contributed by atoms with Crippen LogP contribution in [-0.2, 0) is 4.79 Å². The number of methoxy groups -OCH3 is 1. The van der Waals surface area contributed by atoms with Crippen LogP contribution in [0.15, 0.2) is 42.6 Å². The fraction of sp³-hybridized carbons (Fsp3) is 0.222. The third kappa shape index (κ3) is 5.42. The smallest absolute Gasteiger partial charge is 0.286 e. The van der Waals surface area contributed by atoms with Crippen LogP contribution in [0.1, 0.15) is 29.9 Å². The molecule has 1 aromatic carbocycles. The topological polar surface area (TPSA) is 92.5 Å². The van der Waals surface area contributed by atoms with Crippen molar-refractivity contribution in [2.45, 2.75) is 20.0 Å². The Hall–Kier alpha value is -3.22. The molecule has 7 heteroatoms. The Morgan fingerprint density at radius 1 is 1.16 bits per heavy atom. The number of hydrazine groups is 1. The molecule has 25 heavy (non-hydrogen) atoms. The molecule has 0 spiro atoms. The third-order valence-electron chi connectivity index (χ3n) is 3.12. The van der Waals surface area contributed by atoms with Crippen molar-refractivity contribution in [1.29, 1.82) is 0 Å². The van der Waals surface area contributed by atoms with Gasteiger partial charge in [-0.15, -0.1) is 0 Å². The first-order chi connectivity index (χ1) is 12.0. The molecule has 0 saturated heterocycles. The summed E-state index contributed by atoms with van der Waals surface area (Å²) in [6, 6.07) is 8.64. The molecule has 2 amide bonds. The van der Waals surface area contributed by atoms with Crippen molar-refractivity contribution < 1.29 is 19.1 Å². The molecule has 0 atom stereocenters. The van der Waals surface area contributed by atoms with Crippen molar-refractivity contribution in [3.05, 3.63) is 53.9 Å². The molecule has 2 rings (SSSR count). The maximum atomic E-state index is 11.8. The number of H-pyrrole nitrogens is 1. The average Bonchev–Trinajstić information content (AvgIpc) is 3.13. The van der Waals surface area contributed by atoms with Gasteiger partial charge >= 0.3 is 0 Å². The van der Waals surface area contributed by atoms with E-state index in [2.05, 4.69) is 15.8 Å². The Morgan fingerprint density at radius 3 is 2.60 bits per heavy atom. The molecule has 0 radical (unpaired) electrons. The van der Waals surface area contributed by atoms with Crippen LogP contribution in [0.25, 0.3) is 6.08 Å². The highest BCUT2D eigenvalue weighted by atomic mass is 16.5. The molecule has 0 saturated carbocycles. The zero-order valence-corrected chi connectivity index (χ0v) is 14.3. The van der Waals surface area contributed by atoms with Gasteiger partial charge in [-0.05, 0) is 49.8 Å². The van der Waals surface area contributed by atoms with Crippen LogP contribution in [0, 0.1) is 0 Å². The fourth-order valence-corrected chi connectivity index (χ4v) is 2.01. The molecule has 7 nitrogen and oxygen atoms in total. The average molecular weight is 343 g/mol. The van der Waals surface area contributed by atoms with E-state index in [1.54, 1.807) is 43.6 Å². The van der Waals surface area contributed by atoms with Crippen molar-refractivity contribution in [3.63, 3.8) is 0 Å². The van der Waals surface area contributed by atoms with E-state index in [1.807, 2.05) is 19.9 Å². The summed E-state index contributed by atoms with van der Waals surface area (Å²) in [4.78, 5) is 26.2. The van der Waals surface area contributed by atoms with Crippen LogP contribution < -0.4 is 20.3 Å². The van der Waals surface area contributed by atoms with Crippen LogP contribution in [0.5, 0.6) is 11.5 Å². The number of carbonyl (C=O) groups excluding carboxylic acids is 2. The summed E-state index contributed by atoms with van der Waals surface area (Å²) in [5.74, 6) is 0.332. The molecular formula is C18H21N3O4. The predicted octanol–water partition coefficient (Wildman–Crippen LogP) is 2.28. The first kappa shape index (κ1) is 18.1. The van der Waals surface area contributed by atoms with Gasteiger partial charge in [0.05, 0.1) is 13.2 Å². The Labute approximate surface area is 146 Å². The van der Waals surface area contributed by atoms with Gasteiger partial charge in [-0.2, -0.15) is 0 Å². The normalized spacial score (nSPS) is 10.7. The number of hydrogen-bond donors (Lipinski definition) is 3. The molecule has 0 aliphatic rings. The Morgan fingerprint density at radius 2 is 1.96 bits per heavy atom. The molecular weight excluding hydrogens is 322 g/mol. The number of carbonyl (C=O) groups is 2. The highest BCUT2D eigenvalue weighted by molar-refractivity contribution is 5.96. The van der Waals surface area contributed by atoms with Gasteiger partial charge in [-0.3, -0.25) is 20.4 Å². The first-order valence-corrected chi connectivity index (χ1v) is 7.76. The quantitative estimate of drug-likeness (QED) is 0.554. The number of aromatic nitrogens is 1. The van der Waals surface area contributed by atoms with Crippen molar-refractivity contribution in [3.8, 4) is 11.5 Å². The van der Waals surface area contributed by atoms with E-state index in [9.17, 15) is 9.59 Å². The monoisotopic (exact) mass is 343 g/mol. The maximum absolute atomic E-state index is 11.8. The van der Waals surface area contributed by atoms with Gasteiger partial charge in [0, 0.05) is 12.3 Å². The number of ether oxygens (including phenoxy) is 2. The van der Waals surface area contributed by atoms with Crippen molar-refractivity contribution in [1.82, 2.24) is 15.8 Å². The molecule has 0 aliphatic heterocycles. The van der Waals surface area contributed by atoms with E-state index in [1.165, 1.54) is 6.08 Å². The lowest BCUT2D eigenvalue weighted by Crippen LogP contribution is -2.40. The molecule has 3 N–H and O–H groups in total. The van der Waals surface area contributed by atoms with Gasteiger partial charge in [0.1, 0.15) is 5.69 Å². The molecule has 1 heterocycles. The summed E-state index contributed by atoms with van der Waals surface area (Å²) >= 11 is 0. The first-order valence-electron chi connectivity index (χ1n) is 7.76. The third-order valence-corrected chi connectivity index (χ3v) is 3.12. The molecule has 0 unspecified atom stereocenters. The minimum Gasteiger partial charge on any atom is -0.493 e. The van der Waals surface area contributed by atoms with E-state index in [4.69, 9.17) is 9.47 Å². The summed E-state index contributed by atoms with van der Waals surface area (Å²) < 4.78 is 10.9. The summed E-state index contributed by atoms with van der Waals surface area (Å²) in [6.45, 7) is 3.86. The molecule has 2 aromatic rings. The number of hydrogen-bond acceptors (Lipinski definition) is 4. The van der Waals surface area contributed by atoms with Crippen LogP contribution in [0.4, 0.5) is 0 Å². The van der Waals surface area contributed by atoms with Gasteiger partial charge in [0.25, 0.3) is 11.8 Å². The lowest BCUT2D eigenvalue weighted by atomic mass is 10.2. The van der Waals surface area contributed by atoms with E-state index < -0.39 is 11.8 Å². The summed E-state index contributed by atoms with van der Waals surface area (Å²) in [5.41, 5.74) is 5.73. The fourth-order valence-electron chi connectivity index (χ4n) is 2.01. The van der Waals surface area contributed by atoms with Crippen LogP contribution in [0.2, 0.25) is 0 Å². The minimum absolute atomic E-state index is 0.0318. The van der Waals surface area contributed by atoms with Gasteiger partial charge in [-0.1, -0.05) is 6.07 Å². The second-order valence-electron chi connectivity index (χ2n) is 5.44. The molecule has 132 valence electrons. The number of aromatic amines is 1. The lowest BCUT2D eigenvalue weighted by molar-refractivity contribution is -0.117. The Kier molecular flexibility index (Phi) is 6.22.